The van der Waals surface area contributed by atoms with Crippen LogP contribution < -0.4 is 5.32 Å². The van der Waals surface area contributed by atoms with Crippen LogP contribution in [0.2, 0.25) is 0 Å². The van der Waals surface area contributed by atoms with Crippen LogP contribution >= 0.6 is 15.9 Å². The molecule has 2 nitrogen and oxygen atoms in total. The summed E-state index contributed by atoms with van der Waals surface area (Å²) in [6.45, 7) is -0.877. The van der Waals surface area contributed by atoms with Crippen molar-refractivity contribution in [2.45, 2.75) is 12.7 Å². The number of pyridine rings is 1. The van der Waals surface area contributed by atoms with Gasteiger partial charge >= 0.3 is 6.18 Å². The Labute approximate surface area is 87.7 Å². The van der Waals surface area contributed by atoms with Gasteiger partial charge in [-0.2, -0.15) is 13.2 Å². The number of hydrogen-bond acceptors (Lipinski definition) is 2. The predicted molar refractivity (Wildman–Crippen MR) is 49.7 cm³/mol. The summed E-state index contributed by atoms with van der Waals surface area (Å²) in [5.74, 6) is 0. The minimum atomic E-state index is -4.17. The smallest absolute Gasteiger partial charge is 0.303 e. The molecule has 1 rings (SSSR count). The van der Waals surface area contributed by atoms with E-state index >= 15 is 0 Å². The number of nitrogens with zero attached hydrogens (tertiary/aromatic N) is 1. The zero-order chi connectivity index (χ0) is 10.6. The molecule has 0 saturated carbocycles. The van der Waals surface area contributed by atoms with Crippen molar-refractivity contribution >= 4 is 15.9 Å². The van der Waals surface area contributed by atoms with Crippen LogP contribution in [0.3, 0.4) is 0 Å². The summed E-state index contributed by atoms with van der Waals surface area (Å²) in [7, 11) is 0. The van der Waals surface area contributed by atoms with Crippen molar-refractivity contribution in [2.75, 3.05) is 6.54 Å². The minimum Gasteiger partial charge on any atom is -0.303 e. The Morgan fingerprint density at radius 3 is 2.57 bits per heavy atom. The summed E-state index contributed by atoms with van der Waals surface area (Å²) in [5.41, 5.74) is 0.581. The third kappa shape index (κ3) is 4.57. The fourth-order valence-corrected chi connectivity index (χ4v) is 1.08. The van der Waals surface area contributed by atoms with Gasteiger partial charge in [0, 0.05) is 17.2 Å². The van der Waals surface area contributed by atoms with Gasteiger partial charge < -0.3 is 5.32 Å². The molecule has 0 spiro atoms. The van der Waals surface area contributed by atoms with Gasteiger partial charge in [-0.05, 0) is 28.1 Å². The maximum Gasteiger partial charge on any atom is 0.401 e. The van der Waals surface area contributed by atoms with Crippen LogP contribution in [0, 0.1) is 0 Å². The predicted octanol–water partition coefficient (Wildman–Crippen LogP) is 2.50. The SMILES string of the molecule is FC(F)(F)CNCc1ccc(Br)cn1. The third-order valence-corrected chi connectivity index (χ3v) is 1.89. The molecule has 0 amide bonds. The summed E-state index contributed by atoms with van der Waals surface area (Å²) in [4.78, 5) is 3.92. The molecule has 0 bridgehead atoms. The second kappa shape index (κ2) is 4.75. The number of halogens is 4. The zero-order valence-corrected chi connectivity index (χ0v) is 8.69. The second-order valence-corrected chi connectivity index (χ2v) is 3.60. The number of aromatic nitrogens is 1. The lowest BCUT2D eigenvalue weighted by molar-refractivity contribution is -0.125. The maximum absolute atomic E-state index is 11.7. The quantitative estimate of drug-likeness (QED) is 0.911. The monoisotopic (exact) mass is 268 g/mol. The zero-order valence-electron chi connectivity index (χ0n) is 7.11. The molecule has 0 aliphatic heterocycles. The molecule has 0 unspecified atom stereocenters. The van der Waals surface area contributed by atoms with E-state index in [1.165, 1.54) is 0 Å². The Balaban J connectivity index is 2.35. The fraction of sp³-hybridized carbons (Fsp3) is 0.375. The van der Waals surface area contributed by atoms with E-state index in [0.29, 0.717) is 5.69 Å². The first kappa shape index (κ1) is 11.5. The molecule has 0 saturated heterocycles. The molecule has 1 aromatic heterocycles. The van der Waals surface area contributed by atoms with E-state index in [1.807, 2.05) is 0 Å². The van der Waals surface area contributed by atoms with Gasteiger partial charge in [-0.25, -0.2) is 0 Å². The number of nitrogens with one attached hydrogen (secondary N) is 1. The summed E-state index contributed by atoms with van der Waals surface area (Å²) in [6.07, 6.45) is -2.63. The third-order valence-electron chi connectivity index (χ3n) is 1.42. The van der Waals surface area contributed by atoms with Crippen LogP contribution in [0.5, 0.6) is 0 Å². The van der Waals surface area contributed by atoms with Gasteiger partial charge in [0.05, 0.1) is 12.2 Å². The molecule has 78 valence electrons. The lowest BCUT2D eigenvalue weighted by atomic mass is 10.3. The van der Waals surface area contributed by atoms with Crippen molar-refractivity contribution in [2.24, 2.45) is 0 Å². The van der Waals surface area contributed by atoms with Crippen LogP contribution in [-0.4, -0.2) is 17.7 Å². The Morgan fingerprint density at radius 2 is 2.07 bits per heavy atom. The highest BCUT2D eigenvalue weighted by atomic mass is 79.9. The molecule has 0 fully saturated rings. The molecule has 0 atom stereocenters. The molecule has 0 aromatic carbocycles. The highest BCUT2D eigenvalue weighted by molar-refractivity contribution is 9.10. The highest BCUT2D eigenvalue weighted by Gasteiger charge is 2.26. The van der Waals surface area contributed by atoms with Crippen molar-refractivity contribution in [3.8, 4) is 0 Å². The number of hydrogen-bond donors (Lipinski definition) is 1. The van der Waals surface area contributed by atoms with Gasteiger partial charge in [0.15, 0.2) is 0 Å². The van der Waals surface area contributed by atoms with E-state index in [1.54, 1.807) is 18.3 Å². The van der Waals surface area contributed by atoms with E-state index in [2.05, 4.69) is 26.2 Å². The van der Waals surface area contributed by atoms with Gasteiger partial charge in [-0.1, -0.05) is 0 Å². The topological polar surface area (TPSA) is 24.9 Å². The van der Waals surface area contributed by atoms with Crippen LogP contribution in [0.25, 0.3) is 0 Å². The normalized spacial score (nSPS) is 11.7. The fourth-order valence-electron chi connectivity index (χ4n) is 0.843. The van der Waals surface area contributed by atoms with Crippen LogP contribution in [0.15, 0.2) is 22.8 Å². The summed E-state index contributed by atoms with van der Waals surface area (Å²) >= 11 is 3.18. The van der Waals surface area contributed by atoms with E-state index < -0.39 is 12.7 Å². The first-order valence-electron chi connectivity index (χ1n) is 3.85. The average molecular weight is 269 g/mol. The molecule has 0 aliphatic carbocycles. The largest absolute Gasteiger partial charge is 0.401 e. The van der Waals surface area contributed by atoms with Crippen LogP contribution in [0.1, 0.15) is 5.69 Å². The van der Waals surface area contributed by atoms with Crippen molar-refractivity contribution < 1.29 is 13.2 Å². The van der Waals surface area contributed by atoms with E-state index in [9.17, 15) is 13.2 Å². The second-order valence-electron chi connectivity index (χ2n) is 2.69. The maximum atomic E-state index is 11.7. The van der Waals surface area contributed by atoms with E-state index in [4.69, 9.17) is 0 Å². The Hall–Kier alpha value is -0.620. The van der Waals surface area contributed by atoms with Gasteiger partial charge in [-0.3, -0.25) is 4.98 Å². The highest BCUT2D eigenvalue weighted by Crippen LogP contribution is 2.12. The Bertz CT molecular complexity index is 284. The summed E-state index contributed by atoms with van der Waals surface area (Å²) in [6, 6.07) is 3.39. The van der Waals surface area contributed by atoms with Crippen molar-refractivity contribution in [3.63, 3.8) is 0 Å². The number of alkyl halides is 3. The first-order valence-corrected chi connectivity index (χ1v) is 4.64. The van der Waals surface area contributed by atoms with Gasteiger partial charge in [0.1, 0.15) is 0 Å². The average Bonchev–Trinajstić information content (AvgIpc) is 2.06. The lowest BCUT2D eigenvalue weighted by Gasteiger charge is -2.07. The van der Waals surface area contributed by atoms with Gasteiger partial charge in [-0.15, -0.1) is 0 Å². The molecular weight excluding hydrogens is 261 g/mol. The molecule has 1 heterocycles. The molecule has 1 N–H and O–H groups in total. The lowest BCUT2D eigenvalue weighted by Crippen LogP contribution is -2.28. The molecule has 1 aromatic rings. The Kier molecular flexibility index (Phi) is 3.88. The van der Waals surface area contributed by atoms with Crippen LogP contribution in [0.4, 0.5) is 13.2 Å². The van der Waals surface area contributed by atoms with E-state index in [0.717, 1.165) is 4.47 Å². The first-order chi connectivity index (χ1) is 6.47. The molecule has 0 aliphatic rings. The molecule has 14 heavy (non-hydrogen) atoms. The summed E-state index contributed by atoms with van der Waals surface area (Å²) < 4.78 is 36.0. The van der Waals surface area contributed by atoms with Gasteiger partial charge in [0.2, 0.25) is 0 Å². The van der Waals surface area contributed by atoms with E-state index in [-0.39, 0.29) is 6.54 Å². The Morgan fingerprint density at radius 1 is 1.36 bits per heavy atom. The molecule has 0 radical (unpaired) electrons. The minimum absolute atomic E-state index is 0.118. The van der Waals surface area contributed by atoms with Crippen molar-refractivity contribution in [3.05, 3.63) is 28.5 Å². The summed E-state index contributed by atoms with van der Waals surface area (Å²) in [5, 5.41) is 2.26. The van der Waals surface area contributed by atoms with Gasteiger partial charge in [0.25, 0.3) is 0 Å². The molecular formula is C8H8BrF3N2. The molecule has 6 heteroatoms. The standard InChI is InChI=1S/C8H8BrF3N2/c9-6-1-2-7(14-3-6)4-13-5-8(10,11)12/h1-3,13H,4-5H2. The van der Waals surface area contributed by atoms with Crippen molar-refractivity contribution in [1.82, 2.24) is 10.3 Å². The number of rotatable bonds is 3. The van der Waals surface area contributed by atoms with Crippen molar-refractivity contribution in [1.29, 1.82) is 0 Å². The van der Waals surface area contributed by atoms with Crippen LogP contribution in [-0.2, 0) is 6.54 Å².